The Morgan fingerprint density at radius 1 is 0.909 bits per heavy atom. The molecule has 8 aliphatic rings. The van der Waals surface area contributed by atoms with Crippen molar-refractivity contribution in [1.29, 1.82) is 0 Å². The third-order valence-electron chi connectivity index (χ3n) is 15.9. The quantitative estimate of drug-likeness (QED) is 0.370. The average Bonchev–Trinajstić information content (AvgIpc) is 3.49. The number of rotatable bonds is 6. The highest BCUT2D eigenvalue weighted by Crippen LogP contribution is 2.87. The zero-order valence-electron chi connectivity index (χ0n) is 29.2. The largest absolute Gasteiger partial charge is 0.390 e. The van der Waals surface area contributed by atoms with Gasteiger partial charge in [0.1, 0.15) is 0 Å². The number of nitrogens with zero attached hydrogens (tertiary/aromatic N) is 2. The zero-order chi connectivity index (χ0) is 30.9. The summed E-state index contributed by atoms with van der Waals surface area (Å²) < 4.78 is 20.1. The van der Waals surface area contributed by atoms with Crippen LogP contribution < -0.4 is 0 Å². The minimum Gasteiger partial charge on any atom is -0.390 e. The summed E-state index contributed by atoms with van der Waals surface area (Å²) in [5.74, 6) is 3.20. The fourth-order valence-electron chi connectivity index (χ4n) is 13.6. The van der Waals surface area contributed by atoms with Gasteiger partial charge in [-0.1, -0.05) is 20.8 Å². The maximum atomic E-state index is 10.5. The molecule has 6 heteroatoms. The molecule has 0 radical (unpaired) electrons. The molecule has 5 aliphatic carbocycles. The summed E-state index contributed by atoms with van der Waals surface area (Å²) in [5.41, 5.74) is 1.13. The molecule has 0 aromatic carbocycles. The molecule has 2 spiro atoms. The van der Waals surface area contributed by atoms with Crippen molar-refractivity contribution in [2.24, 2.45) is 45.3 Å². The molecule has 5 saturated carbocycles. The molecule has 0 bridgehead atoms. The highest BCUT2D eigenvalue weighted by Gasteiger charge is 2.80. The molecule has 44 heavy (non-hydrogen) atoms. The van der Waals surface area contributed by atoms with Gasteiger partial charge in [0.2, 0.25) is 0 Å². The van der Waals surface area contributed by atoms with Crippen molar-refractivity contribution in [3.8, 4) is 0 Å². The third kappa shape index (κ3) is 4.60. The first-order chi connectivity index (χ1) is 20.8. The van der Waals surface area contributed by atoms with Crippen molar-refractivity contribution < 1.29 is 19.3 Å². The van der Waals surface area contributed by atoms with Gasteiger partial charge in [0.25, 0.3) is 0 Å². The van der Waals surface area contributed by atoms with Crippen LogP contribution in [-0.4, -0.2) is 90.0 Å². The van der Waals surface area contributed by atoms with E-state index in [9.17, 15) is 5.11 Å². The topological polar surface area (TPSA) is 54.4 Å². The Balaban J connectivity index is 0.936. The van der Waals surface area contributed by atoms with Crippen LogP contribution in [0.1, 0.15) is 119 Å². The molecule has 0 aromatic rings. The van der Waals surface area contributed by atoms with Gasteiger partial charge in [-0.05, 0) is 137 Å². The van der Waals surface area contributed by atoms with Gasteiger partial charge >= 0.3 is 0 Å². The lowest BCUT2D eigenvalue weighted by Crippen LogP contribution is -2.64. The minimum atomic E-state index is -0.639. The molecule has 0 amide bonds. The van der Waals surface area contributed by atoms with Crippen LogP contribution in [0.3, 0.4) is 0 Å². The zero-order valence-corrected chi connectivity index (χ0v) is 29.2. The van der Waals surface area contributed by atoms with E-state index < -0.39 is 5.60 Å². The fraction of sp³-hybridized carbons (Fsp3) is 1.00. The molecular formula is C38H64N2O4. The van der Waals surface area contributed by atoms with Crippen LogP contribution in [0.25, 0.3) is 0 Å². The van der Waals surface area contributed by atoms with Crippen LogP contribution in [-0.2, 0) is 14.2 Å². The number of hydrogen-bond acceptors (Lipinski definition) is 6. The van der Waals surface area contributed by atoms with Gasteiger partial charge in [0.15, 0.2) is 6.29 Å². The van der Waals surface area contributed by atoms with E-state index in [4.69, 9.17) is 14.2 Å². The first-order valence-corrected chi connectivity index (χ1v) is 18.9. The summed E-state index contributed by atoms with van der Waals surface area (Å²) in [4.78, 5) is 5.23. The normalized spacial score (nSPS) is 50.7. The molecule has 1 N–H and O–H groups in total. The molecule has 11 atom stereocenters. The Bertz CT molecular complexity index is 1100. The first kappa shape index (κ1) is 31.1. The van der Waals surface area contributed by atoms with Gasteiger partial charge in [0.05, 0.1) is 30.5 Å². The standard InChI is InChI=1S/C38H64N2O4/c1-24(2)40-20-25(21-40)39-16-17-42-33(22-39)44-32-12-13-38-23-37(38)15-14-36(7)28-9-8-26(19-34(3,4)41)43-30(28)18-29(36)27(37)10-11-31(38)35(32,5)6/h24-33,41H,8-23H2,1-7H3/t26?,27?,28?,29?,30?,31?,32-,33?,36+,37?,38+/m0/s1. The lowest BCUT2D eigenvalue weighted by molar-refractivity contribution is -0.250. The lowest BCUT2D eigenvalue weighted by atomic mass is 9.46. The second kappa shape index (κ2) is 10.4. The number of fused-ring (bicyclic) bond motifs is 4. The number of hydrogen-bond donors (Lipinski definition) is 1. The molecule has 3 saturated heterocycles. The number of morpholine rings is 1. The van der Waals surface area contributed by atoms with Gasteiger partial charge in [-0.25, -0.2) is 0 Å². The van der Waals surface area contributed by atoms with E-state index in [2.05, 4.69) is 44.4 Å². The lowest BCUT2D eigenvalue weighted by Gasteiger charge is -2.60. The Morgan fingerprint density at radius 3 is 2.43 bits per heavy atom. The highest BCUT2D eigenvalue weighted by molar-refractivity contribution is 5.29. The molecule has 8 unspecified atom stereocenters. The predicted octanol–water partition coefficient (Wildman–Crippen LogP) is 6.49. The fourth-order valence-corrected chi connectivity index (χ4v) is 13.6. The molecule has 0 aromatic heterocycles. The van der Waals surface area contributed by atoms with Crippen LogP contribution in [0.2, 0.25) is 0 Å². The summed E-state index contributed by atoms with van der Waals surface area (Å²) in [5, 5.41) is 10.5. The van der Waals surface area contributed by atoms with Crippen molar-refractivity contribution in [3.05, 3.63) is 0 Å². The Hall–Kier alpha value is -0.240. The SMILES string of the molecule is CC(C)N1CC(N2CCOC(O[C@H]3CC[C@]45CC46CC[C@]4(C)C7CCC(CC(C)(C)O)OC7CC4C6CCC5C3(C)C)C2)C1. The molecule has 8 fully saturated rings. The third-order valence-corrected chi connectivity index (χ3v) is 15.9. The van der Waals surface area contributed by atoms with E-state index in [1.807, 2.05) is 13.8 Å². The second-order valence-corrected chi connectivity index (χ2v) is 19.1. The van der Waals surface area contributed by atoms with Crippen LogP contribution in [0.15, 0.2) is 0 Å². The second-order valence-electron chi connectivity index (χ2n) is 19.1. The maximum Gasteiger partial charge on any atom is 0.170 e. The summed E-state index contributed by atoms with van der Waals surface area (Å²) >= 11 is 0. The van der Waals surface area contributed by atoms with Gasteiger partial charge in [-0.3, -0.25) is 9.80 Å². The number of ether oxygens (including phenoxy) is 3. The Kier molecular flexibility index (Phi) is 7.33. The van der Waals surface area contributed by atoms with Crippen LogP contribution in [0.5, 0.6) is 0 Å². The molecular weight excluding hydrogens is 548 g/mol. The molecule has 250 valence electrons. The number of likely N-dealkylation sites (tertiary alicyclic amines) is 1. The summed E-state index contributed by atoms with van der Waals surface area (Å²) in [6.45, 7) is 21.5. The summed E-state index contributed by atoms with van der Waals surface area (Å²) in [6.07, 6.45) is 15.1. The first-order valence-electron chi connectivity index (χ1n) is 18.9. The highest BCUT2D eigenvalue weighted by atomic mass is 16.7. The Morgan fingerprint density at radius 2 is 1.68 bits per heavy atom. The van der Waals surface area contributed by atoms with E-state index in [0.29, 0.717) is 40.5 Å². The minimum absolute atomic E-state index is 0.0721. The van der Waals surface area contributed by atoms with Crippen molar-refractivity contribution in [3.63, 3.8) is 0 Å². The van der Waals surface area contributed by atoms with E-state index in [1.54, 1.807) is 0 Å². The monoisotopic (exact) mass is 612 g/mol. The van der Waals surface area contributed by atoms with Crippen LogP contribution >= 0.6 is 0 Å². The van der Waals surface area contributed by atoms with E-state index >= 15 is 0 Å². The van der Waals surface area contributed by atoms with E-state index in [-0.39, 0.29) is 17.8 Å². The van der Waals surface area contributed by atoms with Crippen molar-refractivity contribution in [2.75, 3.05) is 32.8 Å². The summed E-state index contributed by atoms with van der Waals surface area (Å²) in [6, 6.07) is 1.32. The van der Waals surface area contributed by atoms with Crippen molar-refractivity contribution >= 4 is 0 Å². The predicted molar refractivity (Wildman–Crippen MR) is 173 cm³/mol. The Labute approximate surface area is 268 Å². The van der Waals surface area contributed by atoms with Gasteiger partial charge < -0.3 is 19.3 Å². The van der Waals surface area contributed by atoms with Gasteiger partial charge in [-0.15, -0.1) is 0 Å². The van der Waals surface area contributed by atoms with Crippen LogP contribution in [0, 0.1) is 45.3 Å². The molecule has 3 heterocycles. The van der Waals surface area contributed by atoms with E-state index in [1.165, 1.54) is 70.9 Å². The van der Waals surface area contributed by atoms with E-state index in [0.717, 1.165) is 56.2 Å². The van der Waals surface area contributed by atoms with Crippen molar-refractivity contribution in [2.45, 2.75) is 161 Å². The van der Waals surface area contributed by atoms with Gasteiger partial charge in [-0.2, -0.15) is 0 Å². The molecule has 8 rings (SSSR count). The molecule has 3 aliphatic heterocycles. The van der Waals surface area contributed by atoms with Crippen LogP contribution in [0.4, 0.5) is 0 Å². The van der Waals surface area contributed by atoms with Crippen molar-refractivity contribution in [1.82, 2.24) is 9.80 Å². The maximum absolute atomic E-state index is 10.5. The number of aliphatic hydroxyl groups is 1. The summed E-state index contributed by atoms with van der Waals surface area (Å²) in [7, 11) is 0. The smallest absolute Gasteiger partial charge is 0.170 e. The van der Waals surface area contributed by atoms with Gasteiger partial charge in [0, 0.05) is 44.7 Å². The average molecular weight is 613 g/mol. The molecule has 6 nitrogen and oxygen atoms in total.